The Bertz CT molecular complexity index is 1000. The molecule has 156 valence electrons. The van der Waals surface area contributed by atoms with Crippen molar-refractivity contribution in [2.24, 2.45) is 0 Å². The van der Waals surface area contributed by atoms with Crippen LogP contribution in [0.2, 0.25) is 0 Å². The average Bonchev–Trinajstić information content (AvgIpc) is 3.28. The predicted molar refractivity (Wildman–Crippen MR) is 113 cm³/mol. The molecule has 1 saturated heterocycles. The molecule has 7 nitrogen and oxygen atoms in total. The van der Waals surface area contributed by atoms with Crippen LogP contribution in [0.1, 0.15) is 12.7 Å². The van der Waals surface area contributed by atoms with Gasteiger partial charge >= 0.3 is 0 Å². The molecule has 1 fully saturated rings. The molecule has 1 aliphatic rings. The normalized spacial score (nSPS) is 14.2. The number of thioether (sulfide) groups is 1. The largest absolute Gasteiger partial charge is 0.366 e. The van der Waals surface area contributed by atoms with Crippen LogP contribution in [0.4, 0.5) is 10.1 Å². The van der Waals surface area contributed by atoms with Crippen LogP contribution in [0, 0.1) is 5.82 Å². The number of piperazine rings is 1. The zero-order chi connectivity index (χ0) is 20.9. The first-order valence-corrected chi connectivity index (χ1v) is 10.8. The predicted octanol–water partition coefficient (Wildman–Crippen LogP) is 3.27. The third kappa shape index (κ3) is 4.62. The van der Waals surface area contributed by atoms with Gasteiger partial charge in [-0.2, -0.15) is 4.98 Å². The van der Waals surface area contributed by atoms with Gasteiger partial charge in [0.2, 0.25) is 5.91 Å². The number of benzene rings is 1. The molecule has 0 atom stereocenters. The molecule has 0 spiro atoms. The summed E-state index contributed by atoms with van der Waals surface area (Å²) in [6, 6.07) is 10.4. The summed E-state index contributed by atoms with van der Waals surface area (Å²) in [7, 11) is 0. The van der Waals surface area contributed by atoms with Crippen LogP contribution in [-0.4, -0.2) is 57.9 Å². The van der Waals surface area contributed by atoms with Crippen molar-refractivity contribution in [1.82, 2.24) is 20.0 Å². The molecule has 0 bridgehead atoms. The molecule has 2 aromatic heterocycles. The number of amides is 1. The first kappa shape index (κ1) is 20.3. The lowest BCUT2D eigenvalue weighted by Crippen LogP contribution is -2.49. The standard InChI is InChI=1S/C21H22FN5O2S/c1-2-18-24-21(29-25-18)15-7-8-19(23-13-15)30-14-20(28)27-11-9-26(10-12-27)17-6-4-3-5-16(17)22/h3-8,13H,2,9-12,14H2,1H3. The topological polar surface area (TPSA) is 75.4 Å². The number of pyridine rings is 1. The second-order valence-corrected chi connectivity index (χ2v) is 7.86. The lowest BCUT2D eigenvalue weighted by Gasteiger charge is -2.36. The molecule has 0 saturated carbocycles. The van der Waals surface area contributed by atoms with Crippen LogP contribution in [0.25, 0.3) is 11.5 Å². The van der Waals surface area contributed by atoms with Crippen molar-refractivity contribution >= 4 is 23.4 Å². The lowest BCUT2D eigenvalue weighted by atomic mass is 10.2. The first-order chi connectivity index (χ1) is 14.6. The highest BCUT2D eigenvalue weighted by Crippen LogP contribution is 2.23. The van der Waals surface area contributed by atoms with E-state index in [4.69, 9.17) is 4.52 Å². The fraction of sp³-hybridized carbons (Fsp3) is 0.333. The summed E-state index contributed by atoms with van der Waals surface area (Å²) < 4.78 is 19.2. The second kappa shape index (κ2) is 9.25. The van der Waals surface area contributed by atoms with E-state index in [0.717, 1.165) is 10.6 Å². The van der Waals surface area contributed by atoms with Gasteiger partial charge in [-0.1, -0.05) is 36.0 Å². The van der Waals surface area contributed by atoms with Crippen molar-refractivity contribution in [3.63, 3.8) is 0 Å². The number of nitrogens with zero attached hydrogens (tertiary/aromatic N) is 5. The van der Waals surface area contributed by atoms with Crippen LogP contribution >= 0.6 is 11.8 Å². The van der Waals surface area contributed by atoms with Crippen LogP contribution in [0.3, 0.4) is 0 Å². The lowest BCUT2D eigenvalue weighted by molar-refractivity contribution is -0.128. The first-order valence-electron chi connectivity index (χ1n) is 9.83. The van der Waals surface area contributed by atoms with Crippen LogP contribution in [0.15, 0.2) is 52.1 Å². The molecule has 9 heteroatoms. The Labute approximate surface area is 178 Å². The van der Waals surface area contributed by atoms with Gasteiger partial charge in [0.25, 0.3) is 5.89 Å². The Morgan fingerprint density at radius 2 is 1.97 bits per heavy atom. The summed E-state index contributed by atoms with van der Waals surface area (Å²) in [5, 5.41) is 4.64. The minimum absolute atomic E-state index is 0.0588. The monoisotopic (exact) mass is 427 g/mol. The van der Waals surface area contributed by atoms with Crippen LogP contribution < -0.4 is 4.90 Å². The highest BCUT2D eigenvalue weighted by molar-refractivity contribution is 7.99. The third-order valence-corrected chi connectivity index (χ3v) is 5.87. The minimum atomic E-state index is -0.228. The minimum Gasteiger partial charge on any atom is -0.366 e. The van der Waals surface area contributed by atoms with E-state index in [1.807, 2.05) is 34.9 Å². The Hall–Kier alpha value is -2.94. The number of carbonyl (C=O) groups is 1. The van der Waals surface area contributed by atoms with Gasteiger partial charge < -0.3 is 14.3 Å². The summed E-state index contributed by atoms with van der Waals surface area (Å²) in [6.45, 7) is 4.36. The molecule has 0 aliphatic carbocycles. The maximum Gasteiger partial charge on any atom is 0.259 e. The summed E-state index contributed by atoms with van der Waals surface area (Å²) in [5.74, 6) is 1.24. The molecule has 0 N–H and O–H groups in total. The van der Waals surface area contributed by atoms with Gasteiger partial charge in [-0.05, 0) is 24.3 Å². The molecule has 3 aromatic rings. The van der Waals surface area contributed by atoms with E-state index in [2.05, 4.69) is 15.1 Å². The average molecular weight is 428 g/mol. The number of hydrogen-bond acceptors (Lipinski definition) is 7. The fourth-order valence-electron chi connectivity index (χ4n) is 3.24. The van der Waals surface area contributed by atoms with Crippen molar-refractivity contribution < 1.29 is 13.7 Å². The highest BCUT2D eigenvalue weighted by Gasteiger charge is 2.22. The second-order valence-electron chi connectivity index (χ2n) is 6.86. The maximum absolute atomic E-state index is 13.9. The molecule has 0 radical (unpaired) electrons. The van der Waals surface area contributed by atoms with Crippen LogP contribution in [0.5, 0.6) is 0 Å². The van der Waals surface area contributed by atoms with E-state index in [-0.39, 0.29) is 11.7 Å². The van der Waals surface area contributed by atoms with E-state index < -0.39 is 0 Å². The number of aromatic nitrogens is 3. The molecule has 0 unspecified atom stereocenters. The summed E-state index contributed by atoms with van der Waals surface area (Å²) in [4.78, 5) is 25.0. The van der Waals surface area contributed by atoms with E-state index >= 15 is 0 Å². The number of para-hydroxylation sites is 1. The SMILES string of the molecule is CCc1noc(-c2ccc(SCC(=O)N3CCN(c4ccccc4F)CC3)nc2)n1. The van der Waals surface area contributed by atoms with Crippen molar-refractivity contribution in [2.75, 3.05) is 36.8 Å². The Morgan fingerprint density at radius 1 is 1.17 bits per heavy atom. The van der Waals surface area contributed by atoms with E-state index in [1.165, 1.54) is 17.8 Å². The van der Waals surface area contributed by atoms with Gasteiger partial charge in [0.15, 0.2) is 5.82 Å². The number of carbonyl (C=O) groups excluding carboxylic acids is 1. The Balaban J connectivity index is 1.27. The Kier molecular flexibility index (Phi) is 6.27. The fourth-order valence-corrected chi connectivity index (χ4v) is 3.98. The molecule has 4 rings (SSSR count). The zero-order valence-electron chi connectivity index (χ0n) is 16.6. The van der Waals surface area contributed by atoms with Crippen molar-refractivity contribution in [3.8, 4) is 11.5 Å². The molecule has 1 amide bonds. The Morgan fingerprint density at radius 3 is 2.63 bits per heavy atom. The number of hydrogen-bond donors (Lipinski definition) is 0. The summed E-state index contributed by atoms with van der Waals surface area (Å²) in [5.41, 5.74) is 1.35. The van der Waals surface area contributed by atoms with Gasteiger partial charge in [-0.3, -0.25) is 4.79 Å². The molecule has 3 heterocycles. The quantitative estimate of drug-likeness (QED) is 0.559. The smallest absolute Gasteiger partial charge is 0.259 e. The van der Waals surface area contributed by atoms with Gasteiger partial charge in [-0.25, -0.2) is 9.37 Å². The van der Waals surface area contributed by atoms with Crippen LogP contribution in [-0.2, 0) is 11.2 Å². The number of anilines is 1. The van der Waals surface area contributed by atoms with Gasteiger partial charge in [-0.15, -0.1) is 0 Å². The summed E-state index contributed by atoms with van der Waals surface area (Å²) in [6.07, 6.45) is 2.38. The van der Waals surface area contributed by atoms with Gasteiger partial charge in [0.05, 0.1) is 22.0 Å². The van der Waals surface area contributed by atoms with E-state index in [0.29, 0.717) is 55.8 Å². The molecule has 1 aromatic carbocycles. The summed E-state index contributed by atoms with van der Waals surface area (Å²) >= 11 is 1.39. The third-order valence-electron chi connectivity index (χ3n) is 4.94. The van der Waals surface area contributed by atoms with Gasteiger partial charge in [0.1, 0.15) is 5.82 Å². The molecular weight excluding hydrogens is 405 g/mol. The van der Waals surface area contributed by atoms with E-state index in [9.17, 15) is 9.18 Å². The molecule has 30 heavy (non-hydrogen) atoms. The molecular formula is C21H22FN5O2S. The van der Waals surface area contributed by atoms with Crippen molar-refractivity contribution in [3.05, 3.63) is 54.2 Å². The van der Waals surface area contributed by atoms with E-state index in [1.54, 1.807) is 18.3 Å². The molecule has 1 aliphatic heterocycles. The maximum atomic E-state index is 13.9. The van der Waals surface area contributed by atoms with Gasteiger partial charge in [0, 0.05) is 38.8 Å². The van der Waals surface area contributed by atoms with Crippen molar-refractivity contribution in [2.45, 2.75) is 18.4 Å². The zero-order valence-corrected chi connectivity index (χ0v) is 17.4. The van der Waals surface area contributed by atoms with Crippen molar-refractivity contribution in [1.29, 1.82) is 0 Å². The number of rotatable bonds is 6. The number of aryl methyl sites for hydroxylation is 1. The number of halogens is 1. The highest BCUT2D eigenvalue weighted by atomic mass is 32.2.